The fraction of sp³-hybridized carbons (Fsp3) is 0.0909. The van der Waals surface area contributed by atoms with Crippen LogP contribution in [0.1, 0.15) is 28.9 Å². The lowest BCUT2D eigenvalue weighted by molar-refractivity contribution is 0.102. The molecule has 5 nitrogen and oxygen atoms in total. The number of carbonyl (C=O) groups is 2. The van der Waals surface area contributed by atoms with E-state index in [0.717, 1.165) is 5.56 Å². The van der Waals surface area contributed by atoms with Crippen molar-refractivity contribution in [3.8, 4) is 0 Å². The molecule has 0 aliphatic carbocycles. The molecular formula is C22H20ClN3O2. The molecule has 1 atom stereocenters. The van der Waals surface area contributed by atoms with Gasteiger partial charge in [0.05, 0.1) is 6.04 Å². The molecular weight excluding hydrogens is 374 g/mol. The van der Waals surface area contributed by atoms with E-state index in [4.69, 9.17) is 11.6 Å². The van der Waals surface area contributed by atoms with Crippen molar-refractivity contribution in [2.24, 2.45) is 0 Å². The molecule has 0 aromatic heterocycles. The van der Waals surface area contributed by atoms with Crippen molar-refractivity contribution >= 4 is 34.9 Å². The molecule has 3 aromatic carbocycles. The van der Waals surface area contributed by atoms with E-state index in [2.05, 4.69) is 16.0 Å². The van der Waals surface area contributed by atoms with Gasteiger partial charge in [0.15, 0.2) is 0 Å². The number of halogens is 1. The Hall–Kier alpha value is -3.31. The molecule has 0 spiro atoms. The summed E-state index contributed by atoms with van der Waals surface area (Å²) in [5.74, 6) is -0.210. The van der Waals surface area contributed by atoms with Crippen molar-refractivity contribution in [3.63, 3.8) is 0 Å². The Balaban J connectivity index is 1.60. The number of amides is 3. The predicted molar refractivity (Wildman–Crippen MR) is 113 cm³/mol. The fourth-order valence-electron chi connectivity index (χ4n) is 2.67. The Morgan fingerprint density at radius 2 is 1.46 bits per heavy atom. The standard InChI is InChI=1S/C22H20ClN3O2/c1-15(16-10-12-18(23)13-11-16)24-22(28)26-20-9-5-8-19(14-20)25-21(27)17-6-3-2-4-7-17/h2-15H,1H3,(H,25,27)(H2,24,26,28). The molecule has 28 heavy (non-hydrogen) atoms. The minimum Gasteiger partial charge on any atom is -0.331 e. The van der Waals surface area contributed by atoms with Gasteiger partial charge in [-0.25, -0.2) is 4.79 Å². The van der Waals surface area contributed by atoms with Gasteiger partial charge in [0.2, 0.25) is 0 Å². The Morgan fingerprint density at radius 3 is 2.14 bits per heavy atom. The van der Waals surface area contributed by atoms with Crippen molar-refractivity contribution in [2.75, 3.05) is 10.6 Å². The predicted octanol–water partition coefficient (Wildman–Crippen LogP) is 5.48. The van der Waals surface area contributed by atoms with Gasteiger partial charge in [0.25, 0.3) is 5.91 Å². The zero-order valence-corrected chi connectivity index (χ0v) is 16.0. The average molecular weight is 394 g/mol. The van der Waals surface area contributed by atoms with Gasteiger partial charge in [0, 0.05) is 22.0 Å². The number of nitrogens with one attached hydrogen (secondary N) is 3. The second-order valence-electron chi connectivity index (χ2n) is 6.27. The van der Waals surface area contributed by atoms with Crippen LogP contribution in [-0.2, 0) is 0 Å². The van der Waals surface area contributed by atoms with Crippen molar-refractivity contribution in [1.29, 1.82) is 0 Å². The summed E-state index contributed by atoms with van der Waals surface area (Å²) in [5.41, 5.74) is 2.68. The summed E-state index contributed by atoms with van der Waals surface area (Å²) in [5, 5.41) is 9.12. The van der Waals surface area contributed by atoms with Gasteiger partial charge in [-0.1, -0.05) is 48.0 Å². The summed E-state index contributed by atoms with van der Waals surface area (Å²) in [6.07, 6.45) is 0. The van der Waals surface area contributed by atoms with Crippen LogP contribution in [0.2, 0.25) is 5.02 Å². The molecule has 0 aliphatic rings. The van der Waals surface area contributed by atoms with E-state index < -0.39 is 0 Å². The lowest BCUT2D eigenvalue weighted by Crippen LogP contribution is -2.31. The summed E-state index contributed by atoms with van der Waals surface area (Å²) in [4.78, 5) is 24.5. The number of rotatable bonds is 5. The largest absolute Gasteiger partial charge is 0.331 e. The molecule has 0 bridgehead atoms. The highest BCUT2D eigenvalue weighted by Gasteiger charge is 2.10. The molecule has 3 amide bonds. The van der Waals surface area contributed by atoms with E-state index in [9.17, 15) is 9.59 Å². The van der Waals surface area contributed by atoms with Crippen LogP contribution in [0.15, 0.2) is 78.9 Å². The first-order valence-corrected chi connectivity index (χ1v) is 9.18. The van der Waals surface area contributed by atoms with Crippen molar-refractivity contribution in [1.82, 2.24) is 5.32 Å². The maximum Gasteiger partial charge on any atom is 0.319 e. The van der Waals surface area contributed by atoms with Gasteiger partial charge in [-0.05, 0) is 55.0 Å². The fourth-order valence-corrected chi connectivity index (χ4v) is 2.79. The molecule has 6 heteroatoms. The number of carbonyl (C=O) groups excluding carboxylic acids is 2. The Morgan fingerprint density at radius 1 is 0.821 bits per heavy atom. The van der Waals surface area contributed by atoms with E-state index in [1.54, 1.807) is 60.7 Å². The van der Waals surface area contributed by atoms with Crippen LogP contribution in [-0.4, -0.2) is 11.9 Å². The number of urea groups is 1. The zero-order valence-electron chi connectivity index (χ0n) is 15.3. The molecule has 3 rings (SSSR count). The maximum atomic E-state index is 12.3. The van der Waals surface area contributed by atoms with E-state index in [0.29, 0.717) is 22.0 Å². The lowest BCUT2D eigenvalue weighted by Gasteiger charge is -2.15. The third-order valence-corrected chi connectivity index (χ3v) is 4.38. The highest BCUT2D eigenvalue weighted by atomic mass is 35.5. The molecule has 1 unspecified atom stereocenters. The maximum absolute atomic E-state index is 12.3. The van der Waals surface area contributed by atoms with Gasteiger partial charge in [-0.2, -0.15) is 0 Å². The number of benzene rings is 3. The number of anilines is 2. The third kappa shape index (κ3) is 5.34. The van der Waals surface area contributed by atoms with Gasteiger partial charge < -0.3 is 16.0 Å². The van der Waals surface area contributed by atoms with Crippen LogP contribution >= 0.6 is 11.6 Å². The van der Waals surface area contributed by atoms with Crippen LogP contribution in [0.5, 0.6) is 0 Å². The molecule has 0 radical (unpaired) electrons. The highest BCUT2D eigenvalue weighted by Crippen LogP contribution is 2.18. The Labute approximate surface area is 168 Å². The minimum absolute atomic E-state index is 0.182. The third-order valence-electron chi connectivity index (χ3n) is 4.13. The Bertz CT molecular complexity index is 959. The second-order valence-corrected chi connectivity index (χ2v) is 6.71. The second kappa shape index (κ2) is 9.06. The monoisotopic (exact) mass is 393 g/mol. The lowest BCUT2D eigenvalue weighted by atomic mass is 10.1. The average Bonchev–Trinajstić information content (AvgIpc) is 2.69. The first-order chi connectivity index (χ1) is 13.5. The van der Waals surface area contributed by atoms with E-state index >= 15 is 0 Å². The SMILES string of the molecule is CC(NC(=O)Nc1cccc(NC(=O)c2ccccc2)c1)c1ccc(Cl)cc1. The van der Waals surface area contributed by atoms with Crippen LogP contribution < -0.4 is 16.0 Å². The summed E-state index contributed by atoms with van der Waals surface area (Å²) < 4.78 is 0. The van der Waals surface area contributed by atoms with Gasteiger partial charge in [-0.15, -0.1) is 0 Å². The topological polar surface area (TPSA) is 70.2 Å². The van der Waals surface area contributed by atoms with Crippen LogP contribution in [0.25, 0.3) is 0 Å². The first-order valence-electron chi connectivity index (χ1n) is 8.81. The smallest absolute Gasteiger partial charge is 0.319 e. The molecule has 0 saturated heterocycles. The van der Waals surface area contributed by atoms with Crippen LogP contribution in [0, 0.1) is 0 Å². The highest BCUT2D eigenvalue weighted by molar-refractivity contribution is 6.30. The van der Waals surface area contributed by atoms with Crippen LogP contribution in [0.4, 0.5) is 16.2 Å². The number of hydrogen-bond acceptors (Lipinski definition) is 2. The summed E-state index contributed by atoms with van der Waals surface area (Å²) in [7, 11) is 0. The zero-order chi connectivity index (χ0) is 19.9. The van der Waals surface area contributed by atoms with E-state index in [1.807, 2.05) is 25.1 Å². The molecule has 0 heterocycles. The minimum atomic E-state index is -0.339. The van der Waals surface area contributed by atoms with Gasteiger partial charge in [-0.3, -0.25) is 4.79 Å². The first kappa shape index (κ1) is 19.5. The summed E-state index contributed by atoms with van der Waals surface area (Å²) >= 11 is 5.89. The van der Waals surface area contributed by atoms with Crippen LogP contribution in [0.3, 0.4) is 0 Å². The number of hydrogen-bond donors (Lipinski definition) is 3. The van der Waals surface area contributed by atoms with E-state index in [-0.39, 0.29) is 18.0 Å². The summed E-state index contributed by atoms with van der Waals surface area (Å²) in [6, 6.07) is 22.7. The van der Waals surface area contributed by atoms with Gasteiger partial charge >= 0.3 is 6.03 Å². The molecule has 0 saturated carbocycles. The van der Waals surface area contributed by atoms with Crippen molar-refractivity contribution in [3.05, 3.63) is 95.0 Å². The summed E-state index contributed by atoms with van der Waals surface area (Å²) in [6.45, 7) is 1.89. The molecule has 0 aliphatic heterocycles. The van der Waals surface area contributed by atoms with Gasteiger partial charge in [0.1, 0.15) is 0 Å². The molecule has 3 aromatic rings. The van der Waals surface area contributed by atoms with Crippen molar-refractivity contribution < 1.29 is 9.59 Å². The quantitative estimate of drug-likeness (QED) is 0.537. The molecule has 0 fully saturated rings. The normalized spacial score (nSPS) is 11.4. The molecule has 142 valence electrons. The molecule has 3 N–H and O–H groups in total. The van der Waals surface area contributed by atoms with E-state index in [1.165, 1.54) is 0 Å². The Kier molecular flexibility index (Phi) is 6.29. The van der Waals surface area contributed by atoms with Crippen molar-refractivity contribution in [2.45, 2.75) is 13.0 Å².